The first kappa shape index (κ1) is 26.6. The van der Waals surface area contributed by atoms with Gasteiger partial charge in [-0.05, 0) is 36.8 Å². The maximum Gasteiger partial charge on any atom is 0.673 e. The molecule has 2 nitrogen and oxygen atoms in total. The van der Waals surface area contributed by atoms with Crippen LogP contribution in [0.3, 0.4) is 0 Å². The Labute approximate surface area is 182 Å². The van der Waals surface area contributed by atoms with Gasteiger partial charge in [-0.25, -0.2) is 0 Å². The van der Waals surface area contributed by atoms with Gasteiger partial charge in [0.2, 0.25) is 5.78 Å². The summed E-state index contributed by atoms with van der Waals surface area (Å²) in [5.41, 5.74) is 0. The minimum atomic E-state index is -6.00. The predicted octanol–water partition coefficient (Wildman–Crippen LogP) is 7.60. The number of carbonyl (C=O) groups excluding carboxylic acids is 1. The van der Waals surface area contributed by atoms with Crippen molar-refractivity contribution in [3.05, 3.63) is 35.2 Å². The standard InChI is InChI=1S/C22H34NOS.BF4/c1-4-7-14-23(15-8-5-2,16-9-6-3)18-20(24)22-17-19-12-10-11-13-21(19)25-22;2-1(3,4)5/h10-13,17H,4-9,14-16,18H2,1-3H3;/q+1;-1. The number of thiophene rings is 1. The normalized spacial score (nSPS) is 12.0. The first-order valence-electron chi connectivity index (χ1n) is 10.9. The van der Waals surface area contributed by atoms with Gasteiger partial charge in [0.1, 0.15) is 6.54 Å². The first-order chi connectivity index (χ1) is 14.1. The van der Waals surface area contributed by atoms with Crippen LogP contribution < -0.4 is 0 Å². The van der Waals surface area contributed by atoms with E-state index >= 15 is 0 Å². The minimum absolute atomic E-state index is 0.338. The van der Waals surface area contributed by atoms with Crippen LogP contribution in [0.25, 0.3) is 10.1 Å². The highest BCUT2D eigenvalue weighted by molar-refractivity contribution is 7.20. The summed E-state index contributed by atoms with van der Waals surface area (Å²) in [4.78, 5) is 14.1. The van der Waals surface area contributed by atoms with E-state index in [0.29, 0.717) is 12.3 Å². The summed E-state index contributed by atoms with van der Waals surface area (Å²) in [6, 6.07) is 10.4. The van der Waals surface area contributed by atoms with E-state index in [2.05, 4.69) is 45.0 Å². The Kier molecular flexibility index (Phi) is 11.6. The fourth-order valence-corrected chi connectivity index (χ4v) is 4.55. The first-order valence-corrected chi connectivity index (χ1v) is 11.7. The molecule has 0 unspecified atom stereocenters. The van der Waals surface area contributed by atoms with Crippen LogP contribution in [0.2, 0.25) is 0 Å². The van der Waals surface area contributed by atoms with Crippen LogP contribution in [0, 0.1) is 0 Å². The molecule has 8 heteroatoms. The molecule has 0 radical (unpaired) electrons. The number of ketones is 1. The number of quaternary nitrogens is 1. The second-order valence-corrected chi connectivity index (χ2v) is 8.88. The smallest absolute Gasteiger partial charge is 0.418 e. The number of carbonyl (C=O) groups is 1. The maximum atomic E-state index is 13.1. The van der Waals surface area contributed by atoms with Crippen molar-refractivity contribution in [1.82, 2.24) is 0 Å². The molecule has 0 aliphatic heterocycles. The third kappa shape index (κ3) is 10.1. The number of hydrogen-bond donors (Lipinski definition) is 0. The largest absolute Gasteiger partial charge is 0.673 e. The van der Waals surface area contributed by atoms with Crippen molar-refractivity contribution in [2.75, 3.05) is 26.2 Å². The van der Waals surface area contributed by atoms with Crippen LogP contribution >= 0.6 is 11.3 Å². The molecule has 0 saturated heterocycles. The number of unbranched alkanes of at least 4 members (excludes halogenated alkanes) is 3. The molecule has 0 atom stereocenters. The van der Waals surface area contributed by atoms with Gasteiger partial charge < -0.3 is 21.7 Å². The number of fused-ring (bicyclic) bond motifs is 1. The van der Waals surface area contributed by atoms with Crippen molar-refractivity contribution >= 4 is 34.5 Å². The molecule has 170 valence electrons. The van der Waals surface area contributed by atoms with Gasteiger partial charge in [0.25, 0.3) is 0 Å². The second-order valence-electron chi connectivity index (χ2n) is 7.80. The molecule has 0 N–H and O–H groups in total. The molecule has 2 aromatic rings. The van der Waals surface area contributed by atoms with Crippen LogP contribution in [-0.2, 0) is 0 Å². The highest BCUT2D eigenvalue weighted by atomic mass is 32.1. The summed E-state index contributed by atoms with van der Waals surface area (Å²) < 4.78 is 41.2. The molecular formula is C22H34BF4NOS. The molecule has 1 aromatic carbocycles. The highest BCUT2D eigenvalue weighted by Gasteiger charge is 2.30. The van der Waals surface area contributed by atoms with Crippen LogP contribution in [-0.4, -0.2) is 43.7 Å². The number of benzene rings is 1. The lowest BCUT2D eigenvalue weighted by Crippen LogP contribution is -2.53. The van der Waals surface area contributed by atoms with Gasteiger partial charge in [0.15, 0.2) is 0 Å². The van der Waals surface area contributed by atoms with Crippen molar-refractivity contribution in [2.45, 2.75) is 59.3 Å². The van der Waals surface area contributed by atoms with E-state index in [1.165, 1.54) is 48.6 Å². The van der Waals surface area contributed by atoms with Gasteiger partial charge in [0.05, 0.1) is 24.5 Å². The molecule has 0 amide bonds. The third-order valence-electron chi connectivity index (χ3n) is 5.14. The summed E-state index contributed by atoms with van der Waals surface area (Å²) in [7, 11) is -6.00. The summed E-state index contributed by atoms with van der Waals surface area (Å²) in [5.74, 6) is 0.338. The van der Waals surface area contributed by atoms with E-state index in [-0.39, 0.29) is 0 Å². The molecule has 0 aliphatic carbocycles. The average Bonchev–Trinajstić information content (AvgIpc) is 3.12. The molecule has 2 rings (SSSR count). The Morgan fingerprint density at radius 1 is 0.900 bits per heavy atom. The Balaban J connectivity index is 0.000000804. The molecule has 1 aromatic heterocycles. The summed E-state index contributed by atoms with van der Waals surface area (Å²) in [5, 5.41) is 1.20. The fourth-order valence-electron chi connectivity index (χ4n) is 3.55. The van der Waals surface area contributed by atoms with Crippen molar-refractivity contribution in [3.63, 3.8) is 0 Å². The van der Waals surface area contributed by atoms with Gasteiger partial charge in [-0.15, -0.1) is 11.3 Å². The van der Waals surface area contributed by atoms with Crippen LogP contribution in [0.4, 0.5) is 17.3 Å². The lowest BCUT2D eigenvalue weighted by Gasteiger charge is -2.38. The number of halogens is 4. The highest BCUT2D eigenvalue weighted by Crippen LogP contribution is 2.27. The number of nitrogens with zero attached hydrogens (tertiary/aromatic N) is 1. The zero-order valence-corrected chi connectivity index (χ0v) is 19.1. The molecule has 0 bridgehead atoms. The lowest BCUT2D eigenvalue weighted by atomic mass is 10.1. The summed E-state index contributed by atoms with van der Waals surface area (Å²) in [6.07, 6.45) is 7.26. The van der Waals surface area contributed by atoms with E-state index in [1.807, 2.05) is 6.07 Å². The SMILES string of the molecule is CCCC[N+](CCCC)(CCCC)CC(=O)c1cc2ccccc2s1.F[B-](F)(F)F. The Morgan fingerprint density at radius 2 is 1.37 bits per heavy atom. The maximum absolute atomic E-state index is 13.1. The van der Waals surface area contributed by atoms with E-state index in [1.54, 1.807) is 11.3 Å². The summed E-state index contributed by atoms with van der Waals surface area (Å²) >= 11 is 1.66. The van der Waals surface area contributed by atoms with Crippen molar-refractivity contribution in [1.29, 1.82) is 0 Å². The van der Waals surface area contributed by atoms with Crippen molar-refractivity contribution in [2.24, 2.45) is 0 Å². The number of Topliss-reactive ketones (excluding diaryl/α,β-unsaturated/α-hetero) is 1. The molecule has 30 heavy (non-hydrogen) atoms. The Bertz CT molecular complexity index is 702. The molecular weight excluding hydrogens is 413 g/mol. The molecule has 0 fully saturated rings. The van der Waals surface area contributed by atoms with E-state index in [0.717, 1.165) is 29.0 Å². The van der Waals surface area contributed by atoms with E-state index in [4.69, 9.17) is 0 Å². The van der Waals surface area contributed by atoms with Crippen LogP contribution in [0.1, 0.15) is 69.0 Å². The minimum Gasteiger partial charge on any atom is -0.418 e. The van der Waals surface area contributed by atoms with Gasteiger partial charge in [-0.2, -0.15) is 0 Å². The van der Waals surface area contributed by atoms with Crippen LogP contribution in [0.5, 0.6) is 0 Å². The Morgan fingerprint density at radius 3 is 1.80 bits per heavy atom. The monoisotopic (exact) mass is 447 g/mol. The number of hydrogen-bond acceptors (Lipinski definition) is 2. The molecule has 0 aliphatic rings. The zero-order valence-electron chi connectivity index (χ0n) is 18.3. The van der Waals surface area contributed by atoms with Crippen molar-refractivity contribution < 1.29 is 26.5 Å². The number of rotatable bonds is 12. The molecule has 0 saturated carbocycles. The van der Waals surface area contributed by atoms with Gasteiger partial charge >= 0.3 is 7.25 Å². The van der Waals surface area contributed by atoms with Crippen molar-refractivity contribution in [3.8, 4) is 0 Å². The second kappa shape index (κ2) is 13.1. The van der Waals surface area contributed by atoms with Gasteiger partial charge in [-0.1, -0.05) is 58.2 Å². The fraction of sp³-hybridized carbons (Fsp3) is 0.591. The average molecular weight is 447 g/mol. The molecule has 1 heterocycles. The van der Waals surface area contributed by atoms with E-state index in [9.17, 15) is 22.1 Å². The zero-order chi connectivity index (χ0) is 22.6. The van der Waals surface area contributed by atoms with Crippen LogP contribution in [0.15, 0.2) is 30.3 Å². The third-order valence-corrected chi connectivity index (χ3v) is 6.29. The molecule has 0 spiro atoms. The lowest BCUT2D eigenvalue weighted by molar-refractivity contribution is -0.921. The van der Waals surface area contributed by atoms with E-state index < -0.39 is 7.25 Å². The van der Waals surface area contributed by atoms with Gasteiger partial charge in [-0.3, -0.25) is 4.79 Å². The predicted molar refractivity (Wildman–Crippen MR) is 121 cm³/mol. The Hall–Kier alpha value is -1.41. The van der Waals surface area contributed by atoms with Gasteiger partial charge in [0, 0.05) is 4.70 Å². The topological polar surface area (TPSA) is 17.1 Å². The summed E-state index contributed by atoms with van der Waals surface area (Å²) in [6.45, 7) is 10.9. The quantitative estimate of drug-likeness (QED) is 0.142.